The molecule has 0 aromatic carbocycles. The summed E-state index contributed by atoms with van der Waals surface area (Å²) in [7, 11) is 0. The largest absolute Gasteiger partial charge is 0.270 e. The average molecular weight is 352 g/mol. The fourth-order valence-electron chi connectivity index (χ4n) is 3.39. The normalized spacial score (nSPS) is 16.2. The summed E-state index contributed by atoms with van der Waals surface area (Å²) < 4.78 is 1.53. The van der Waals surface area contributed by atoms with Crippen LogP contribution in [0.15, 0.2) is 29.2 Å². The Balaban J connectivity index is 1.80. The molecule has 1 aliphatic rings. The molecule has 0 fully saturated rings. The van der Waals surface area contributed by atoms with Gasteiger partial charge in [0.05, 0.1) is 34.0 Å². The van der Waals surface area contributed by atoms with Crippen LogP contribution in [-0.4, -0.2) is 19.7 Å². The van der Waals surface area contributed by atoms with Crippen LogP contribution in [0.3, 0.4) is 0 Å². The molecule has 1 aliphatic carbocycles. The SMILES string of the molecule is Cc1cccc(Cn2ncc3c(c2=O)CCC(C)c2nc(C)sc2-3)n1. The number of thiazole rings is 1. The molecule has 0 saturated carbocycles. The molecule has 25 heavy (non-hydrogen) atoms. The van der Waals surface area contributed by atoms with E-state index in [2.05, 4.69) is 17.0 Å². The minimum absolute atomic E-state index is 0.00749. The van der Waals surface area contributed by atoms with E-state index in [1.165, 1.54) is 4.68 Å². The van der Waals surface area contributed by atoms with Crippen molar-refractivity contribution in [2.45, 2.75) is 46.1 Å². The number of hydrogen-bond donors (Lipinski definition) is 0. The Bertz CT molecular complexity index is 1000. The van der Waals surface area contributed by atoms with E-state index in [1.54, 1.807) is 11.3 Å². The molecule has 3 aromatic heterocycles. The Hall–Kier alpha value is -2.34. The Morgan fingerprint density at radius 1 is 1.28 bits per heavy atom. The van der Waals surface area contributed by atoms with Gasteiger partial charge in [0, 0.05) is 22.7 Å². The topological polar surface area (TPSA) is 60.7 Å². The lowest BCUT2D eigenvalue weighted by Gasteiger charge is -2.09. The second-order valence-corrected chi connectivity index (χ2v) is 7.86. The summed E-state index contributed by atoms with van der Waals surface area (Å²) in [5.41, 5.74) is 4.72. The van der Waals surface area contributed by atoms with Gasteiger partial charge in [0.2, 0.25) is 0 Å². The monoisotopic (exact) mass is 352 g/mol. The molecular formula is C19H20N4OS. The number of aryl methyl sites for hydroxylation is 2. The van der Waals surface area contributed by atoms with Crippen molar-refractivity contribution >= 4 is 11.3 Å². The zero-order valence-corrected chi connectivity index (χ0v) is 15.4. The van der Waals surface area contributed by atoms with Crippen molar-refractivity contribution in [3.05, 3.63) is 62.4 Å². The smallest absolute Gasteiger partial charge is 0.267 e. The molecule has 1 unspecified atom stereocenters. The molecule has 3 heterocycles. The first-order chi connectivity index (χ1) is 12.0. The van der Waals surface area contributed by atoms with Crippen molar-refractivity contribution in [1.29, 1.82) is 0 Å². The number of aromatic nitrogens is 4. The van der Waals surface area contributed by atoms with E-state index in [0.717, 1.165) is 50.9 Å². The van der Waals surface area contributed by atoms with E-state index in [9.17, 15) is 4.79 Å². The Labute approximate surface area is 150 Å². The van der Waals surface area contributed by atoms with Crippen molar-refractivity contribution in [2.24, 2.45) is 0 Å². The van der Waals surface area contributed by atoms with Crippen LogP contribution in [0.4, 0.5) is 0 Å². The van der Waals surface area contributed by atoms with Gasteiger partial charge >= 0.3 is 0 Å². The Morgan fingerprint density at radius 2 is 2.12 bits per heavy atom. The van der Waals surface area contributed by atoms with E-state index >= 15 is 0 Å². The van der Waals surface area contributed by atoms with Gasteiger partial charge in [0.1, 0.15) is 0 Å². The molecule has 1 atom stereocenters. The molecule has 0 amide bonds. The van der Waals surface area contributed by atoms with E-state index in [1.807, 2.05) is 38.2 Å². The van der Waals surface area contributed by atoms with Crippen LogP contribution in [0, 0.1) is 13.8 Å². The lowest BCUT2D eigenvalue weighted by Crippen LogP contribution is -2.27. The van der Waals surface area contributed by atoms with Crippen molar-refractivity contribution in [1.82, 2.24) is 19.7 Å². The van der Waals surface area contributed by atoms with Crippen molar-refractivity contribution in [3.8, 4) is 10.4 Å². The third kappa shape index (κ3) is 2.91. The van der Waals surface area contributed by atoms with Gasteiger partial charge in [-0.1, -0.05) is 13.0 Å². The third-order valence-electron chi connectivity index (χ3n) is 4.70. The molecule has 0 spiro atoms. The highest BCUT2D eigenvalue weighted by molar-refractivity contribution is 7.15. The molecule has 128 valence electrons. The van der Waals surface area contributed by atoms with Crippen molar-refractivity contribution < 1.29 is 0 Å². The van der Waals surface area contributed by atoms with Gasteiger partial charge in [-0.05, 0) is 38.8 Å². The number of hydrogen-bond acceptors (Lipinski definition) is 5. The van der Waals surface area contributed by atoms with Gasteiger partial charge in [-0.2, -0.15) is 5.10 Å². The minimum Gasteiger partial charge on any atom is -0.267 e. The second kappa shape index (κ2) is 6.19. The summed E-state index contributed by atoms with van der Waals surface area (Å²) in [6, 6.07) is 5.84. The zero-order valence-electron chi connectivity index (χ0n) is 14.6. The highest BCUT2D eigenvalue weighted by atomic mass is 32.1. The van der Waals surface area contributed by atoms with Gasteiger partial charge in [-0.3, -0.25) is 9.78 Å². The van der Waals surface area contributed by atoms with Crippen LogP contribution in [0.25, 0.3) is 10.4 Å². The number of nitrogens with zero attached hydrogens (tertiary/aromatic N) is 4. The molecule has 0 bridgehead atoms. The molecule has 0 aliphatic heterocycles. The van der Waals surface area contributed by atoms with Crippen LogP contribution >= 0.6 is 11.3 Å². The number of pyridine rings is 1. The molecular weight excluding hydrogens is 332 g/mol. The van der Waals surface area contributed by atoms with Gasteiger partial charge < -0.3 is 0 Å². The predicted octanol–water partition coefficient (Wildman–Crippen LogP) is 3.48. The number of fused-ring (bicyclic) bond motifs is 3. The predicted molar refractivity (Wildman–Crippen MR) is 99.2 cm³/mol. The lowest BCUT2D eigenvalue weighted by molar-refractivity contribution is 0.609. The quantitative estimate of drug-likeness (QED) is 0.708. The van der Waals surface area contributed by atoms with E-state index in [4.69, 9.17) is 4.98 Å². The Morgan fingerprint density at radius 3 is 2.92 bits per heavy atom. The molecule has 3 aromatic rings. The first-order valence-electron chi connectivity index (χ1n) is 8.52. The summed E-state index contributed by atoms with van der Waals surface area (Å²) in [4.78, 5) is 23.3. The summed E-state index contributed by atoms with van der Waals surface area (Å²) in [6.45, 7) is 6.56. The van der Waals surface area contributed by atoms with Crippen LogP contribution in [0.5, 0.6) is 0 Å². The van der Waals surface area contributed by atoms with Gasteiger partial charge in [0.15, 0.2) is 0 Å². The summed E-state index contributed by atoms with van der Waals surface area (Å²) >= 11 is 1.66. The molecule has 0 radical (unpaired) electrons. The van der Waals surface area contributed by atoms with Crippen LogP contribution in [0.2, 0.25) is 0 Å². The maximum atomic E-state index is 13.0. The zero-order chi connectivity index (χ0) is 17.6. The summed E-state index contributed by atoms with van der Waals surface area (Å²) in [5.74, 6) is 0.360. The highest BCUT2D eigenvalue weighted by Crippen LogP contribution is 2.39. The van der Waals surface area contributed by atoms with Gasteiger partial charge in [0.25, 0.3) is 5.56 Å². The minimum atomic E-state index is -0.00749. The van der Waals surface area contributed by atoms with Crippen molar-refractivity contribution in [3.63, 3.8) is 0 Å². The van der Waals surface area contributed by atoms with Crippen LogP contribution < -0.4 is 5.56 Å². The second-order valence-electron chi connectivity index (χ2n) is 6.66. The third-order valence-corrected chi connectivity index (χ3v) is 5.72. The first-order valence-corrected chi connectivity index (χ1v) is 9.34. The molecule has 6 heteroatoms. The molecule has 5 nitrogen and oxygen atoms in total. The number of rotatable bonds is 2. The fraction of sp³-hybridized carbons (Fsp3) is 0.368. The van der Waals surface area contributed by atoms with Gasteiger partial charge in [-0.15, -0.1) is 11.3 Å². The van der Waals surface area contributed by atoms with Crippen molar-refractivity contribution in [2.75, 3.05) is 0 Å². The van der Waals surface area contributed by atoms with E-state index < -0.39 is 0 Å². The fourth-order valence-corrected chi connectivity index (χ4v) is 4.46. The molecule has 0 N–H and O–H groups in total. The summed E-state index contributed by atoms with van der Waals surface area (Å²) in [5, 5.41) is 5.47. The van der Waals surface area contributed by atoms with Gasteiger partial charge in [-0.25, -0.2) is 9.67 Å². The maximum Gasteiger partial charge on any atom is 0.270 e. The highest BCUT2D eigenvalue weighted by Gasteiger charge is 2.26. The maximum absolute atomic E-state index is 13.0. The van der Waals surface area contributed by atoms with E-state index in [0.29, 0.717) is 12.5 Å². The molecule has 4 rings (SSSR count). The molecule has 0 saturated heterocycles. The van der Waals surface area contributed by atoms with Crippen LogP contribution in [-0.2, 0) is 13.0 Å². The standard InChI is InChI=1S/C19H20N4OS/c1-11-7-8-15-16(18-17(11)22-13(3)25-18)9-20-23(19(15)24)10-14-6-4-5-12(2)21-14/h4-6,9,11H,7-8,10H2,1-3H3. The van der Waals surface area contributed by atoms with Crippen LogP contribution in [0.1, 0.15) is 46.9 Å². The summed E-state index contributed by atoms with van der Waals surface area (Å²) in [6.07, 6.45) is 3.54. The Kier molecular flexibility index (Phi) is 4.00. The lowest BCUT2D eigenvalue weighted by atomic mass is 10.0. The average Bonchev–Trinajstić information content (AvgIpc) is 2.91. The van der Waals surface area contributed by atoms with E-state index in [-0.39, 0.29) is 5.56 Å². The first kappa shape index (κ1) is 16.1.